The predicted molar refractivity (Wildman–Crippen MR) is 89.1 cm³/mol. The maximum Gasteiger partial charge on any atom is 0.490 e. The summed E-state index contributed by atoms with van der Waals surface area (Å²) in [7, 11) is 0. The normalized spacial score (nSPS) is 28.7. The van der Waals surface area contributed by atoms with Gasteiger partial charge in [-0.25, -0.2) is 4.79 Å². The molecule has 0 saturated carbocycles. The summed E-state index contributed by atoms with van der Waals surface area (Å²) in [6.07, 6.45) is -1.27. The van der Waals surface area contributed by atoms with Crippen molar-refractivity contribution in [1.29, 1.82) is 0 Å². The van der Waals surface area contributed by atoms with E-state index in [1.807, 2.05) is 11.0 Å². The van der Waals surface area contributed by atoms with E-state index in [0.717, 1.165) is 45.6 Å². The smallest absolute Gasteiger partial charge is 0.475 e. The lowest BCUT2D eigenvalue weighted by Gasteiger charge is -2.45. The summed E-state index contributed by atoms with van der Waals surface area (Å²) in [5, 5.41) is 7.12. The van der Waals surface area contributed by atoms with Crippen LogP contribution in [-0.4, -0.2) is 91.6 Å². The van der Waals surface area contributed by atoms with Crippen LogP contribution in [0.15, 0.2) is 12.7 Å². The molecule has 3 aliphatic heterocycles. The van der Waals surface area contributed by atoms with Gasteiger partial charge < -0.3 is 19.5 Å². The fourth-order valence-electron chi connectivity index (χ4n) is 3.75. The van der Waals surface area contributed by atoms with Crippen molar-refractivity contribution >= 4 is 11.9 Å². The number of carboxylic acid groups (broad SMARTS) is 1. The molecular formula is C17H25F3N2O5. The molecule has 0 aromatic carbocycles. The molecule has 0 bridgehead atoms. The topological polar surface area (TPSA) is 79.3 Å². The first kappa shape index (κ1) is 21.6. The number of rotatable bonds is 3. The second-order valence-corrected chi connectivity index (χ2v) is 6.79. The van der Waals surface area contributed by atoms with Crippen LogP contribution in [0, 0.1) is 5.41 Å². The summed E-state index contributed by atoms with van der Waals surface area (Å²) in [4.78, 5) is 26.2. The summed E-state index contributed by atoms with van der Waals surface area (Å²) in [5.74, 6) is -2.48. The summed E-state index contributed by atoms with van der Waals surface area (Å²) in [5.41, 5.74) is -0.335. The van der Waals surface area contributed by atoms with Crippen molar-refractivity contribution in [2.24, 2.45) is 5.41 Å². The number of hydrogen-bond acceptors (Lipinski definition) is 5. The summed E-state index contributed by atoms with van der Waals surface area (Å²) >= 11 is 0. The Hall–Kier alpha value is -1.65. The molecule has 27 heavy (non-hydrogen) atoms. The molecule has 0 spiro atoms. The second kappa shape index (κ2) is 9.03. The van der Waals surface area contributed by atoms with Gasteiger partial charge in [0, 0.05) is 39.3 Å². The van der Waals surface area contributed by atoms with Gasteiger partial charge in [0.25, 0.3) is 0 Å². The van der Waals surface area contributed by atoms with Crippen LogP contribution >= 0.6 is 0 Å². The Balaban J connectivity index is 0.000000321. The van der Waals surface area contributed by atoms with E-state index in [9.17, 15) is 18.0 Å². The van der Waals surface area contributed by atoms with E-state index in [4.69, 9.17) is 19.4 Å². The van der Waals surface area contributed by atoms with E-state index in [1.165, 1.54) is 0 Å². The van der Waals surface area contributed by atoms with Crippen molar-refractivity contribution in [1.82, 2.24) is 9.80 Å². The summed E-state index contributed by atoms with van der Waals surface area (Å²) < 4.78 is 43.0. The largest absolute Gasteiger partial charge is 0.490 e. The quantitative estimate of drug-likeness (QED) is 0.724. The van der Waals surface area contributed by atoms with Gasteiger partial charge in [-0.15, -0.1) is 6.58 Å². The first-order valence-corrected chi connectivity index (χ1v) is 8.83. The lowest BCUT2D eigenvalue weighted by Crippen LogP contribution is -2.59. The van der Waals surface area contributed by atoms with Crippen LogP contribution < -0.4 is 0 Å². The second-order valence-electron chi connectivity index (χ2n) is 6.79. The maximum absolute atomic E-state index is 13.0. The van der Waals surface area contributed by atoms with Crippen LogP contribution in [0.25, 0.3) is 0 Å². The van der Waals surface area contributed by atoms with E-state index in [2.05, 4.69) is 11.5 Å². The third kappa shape index (κ3) is 5.20. The van der Waals surface area contributed by atoms with Crippen molar-refractivity contribution in [3.8, 4) is 0 Å². The van der Waals surface area contributed by atoms with Gasteiger partial charge in [0.1, 0.15) is 0 Å². The highest BCUT2D eigenvalue weighted by molar-refractivity contribution is 5.84. The maximum atomic E-state index is 13.0. The Labute approximate surface area is 155 Å². The number of nitrogens with zero attached hydrogens (tertiary/aromatic N) is 2. The fourth-order valence-corrected chi connectivity index (χ4v) is 3.75. The van der Waals surface area contributed by atoms with Crippen LogP contribution in [0.2, 0.25) is 0 Å². The van der Waals surface area contributed by atoms with Crippen molar-refractivity contribution in [3.05, 3.63) is 12.7 Å². The van der Waals surface area contributed by atoms with Gasteiger partial charge in [-0.1, -0.05) is 6.08 Å². The van der Waals surface area contributed by atoms with Gasteiger partial charge in [-0.3, -0.25) is 9.69 Å². The molecule has 3 rings (SSSR count). The number of aliphatic carboxylic acids is 1. The van der Waals surface area contributed by atoms with Gasteiger partial charge >= 0.3 is 12.1 Å². The molecule has 1 N–H and O–H groups in total. The molecule has 0 radical (unpaired) electrons. The average Bonchev–Trinajstić information content (AvgIpc) is 3.06. The molecule has 3 saturated heterocycles. The minimum absolute atomic E-state index is 0.0962. The highest BCUT2D eigenvalue weighted by Crippen LogP contribution is 2.42. The van der Waals surface area contributed by atoms with Gasteiger partial charge in [-0.2, -0.15) is 13.2 Å². The van der Waals surface area contributed by atoms with E-state index in [0.29, 0.717) is 19.8 Å². The highest BCUT2D eigenvalue weighted by Gasteiger charge is 2.54. The number of hydrogen-bond donors (Lipinski definition) is 1. The predicted octanol–water partition coefficient (Wildman–Crippen LogP) is 1.15. The van der Waals surface area contributed by atoms with Crippen molar-refractivity contribution < 1.29 is 37.3 Å². The Bertz CT molecular complexity index is 551. The van der Waals surface area contributed by atoms with Crippen LogP contribution in [0.1, 0.15) is 12.8 Å². The first-order valence-electron chi connectivity index (χ1n) is 8.83. The molecule has 1 amide bonds. The number of halogens is 3. The Morgan fingerprint density at radius 1 is 1.22 bits per heavy atom. The number of amides is 1. The minimum atomic E-state index is -5.08. The lowest BCUT2D eigenvalue weighted by molar-refractivity contribution is -0.192. The zero-order chi connectivity index (χ0) is 20.1. The number of piperidine rings is 1. The molecule has 0 aliphatic carbocycles. The Morgan fingerprint density at radius 3 is 2.41 bits per heavy atom. The number of carboxylic acids is 1. The number of likely N-dealkylation sites (tertiary alicyclic amines) is 1. The molecule has 3 heterocycles. The standard InChI is InChI=1S/C15H24N2O3.C2HF3O2/c1-2-5-16-6-3-13-15(12-16,4-9-20-13)14(18)17-7-10-19-11-8-17;3-2(4,5)1(6)7/h2,13H,1,3-12H2;(H,6,7)/t13-,15-;/m1./s1. The van der Waals surface area contributed by atoms with E-state index < -0.39 is 12.1 Å². The Kier molecular flexibility index (Phi) is 7.24. The number of ether oxygens (including phenoxy) is 2. The molecule has 3 aliphatic rings. The molecule has 0 aromatic rings. The monoisotopic (exact) mass is 394 g/mol. The zero-order valence-corrected chi connectivity index (χ0v) is 15.0. The highest BCUT2D eigenvalue weighted by atomic mass is 19.4. The van der Waals surface area contributed by atoms with Crippen LogP contribution in [-0.2, 0) is 19.1 Å². The number of carbonyl (C=O) groups excluding carboxylic acids is 1. The minimum Gasteiger partial charge on any atom is -0.475 e. The van der Waals surface area contributed by atoms with E-state index >= 15 is 0 Å². The van der Waals surface area contributed by atoms with Gasteiger partial charge in [0.2, 0.25) is 5.91 Å². The number of carbonyl (C=O) groups is 2. The number of morpholine rings is 1. The van der Waals surface area contributed by atoms with Crippen molar-refractivity contribution in [2.75, 3.05) is 52.5 Å². The van der Waals surface area contributed by atoms with Crippen molar-refractivity contribution in [3.63, 3.8) is 0 Å². The van der Waals surface area contributed by atoms with Gasteiger partial charge in [0.05, 0.1) is 24.7 Å². The molecular weight excluding hydrogens is 369 g/mol. The summed E-state index contributed by atoms with van der Waals surface area (Å²) in [6.45, 7) is 9.92. The third-order valence-corrected chi connectivity index (χ3v) is 5.05. The van der Waals surface area contributed by atoms with E-state index in [1.54, 1.807) is 0 Å². The van der Waals surface area contributed by atoms with Crippen LogP contribution in [0.3, 0.4) is 0 Å². The van der Waals surface area contributed by atoms with E-state index in [-0.39, 0.29) is 17.4 Å². The van der Waals surface area contributed by atoms with Gasteiger partial charge in [-0.05, 0) is 12.8 Å². The van der Waals surface area contributed by atoms with Gasteiger partial charge in [0.15, 0.2) is 0 Å². The Morgan fingerprint density at radius 2 is 1.85 bits per heavy atom. The number of alkyl halides is 3. The fraction of sp³-hybridized carbons (Fsp3) is 0.765. The molecule has 2 atom stereocenters. The summed E-state index contributed by atoms with van der Waals surface area (Å²) in [6, 6.07) is 0. The number of fused-ring (bicyclic) bond motifs is 1. The zero-order valence-electron chi connectivity index (χ0n) is 15.0. The molecule has 10 heteroatoms. The van der Waals surface area contributed by atoms with Crippen LogP contribution in [0.4, 0.5) is 13.2 Å². The molecule has 154 valence electrons. The van der Waals surface area contributed by atoms with Crippen molar-refractivity contribution in [2.45, 2.75) is 25.1 Å². The first-order chi connectivity index (χ1) is 12.7. The molecule has 7 nitrogen and oxygen atoms in total. The molecule has 3 fully saturated rings. The lowest BCUT2D eigenvalue weighted by atomic mass is 9.75. The molecule has 0 aromatic heterocycles. The SMILES string of the molecule is C=CCN1CC[C@H]2OCC[C@@]2(C(=O)N2CCOCC2)C1.O=C(O)C(F)(F)F. The average molecular weight is 394 g/mol. The van der Waals surface area contributed by atoms with Crippen LogP contribution in [0.5, 0.6) is 0 Å². The molecule has 0 unspecified atom stereocenters. The third-order valence-electron chi connectivity index (χ3n) is 5.05.